The molecule has 0 aromatic heterocycles. The van der Waals surface area contributed by atoms with Crippen LogP contribution in [0.15, 0.2) is 24.3 Å². The molecule has 0 radical (unpaired) electrons. The summed E-state index contributed by atoms with van der Waals surface area (Å²) in [7, 11) is 0. The van der Waals surface area contributed by atoms with Crippen molar-refractivity contribution in [3.63, 3.8) is 0 Å². The summed E-state index contributed by atoms with van der Waals surface area (Å²) in [5.74, 6) is 0.573. The molecule has 2 aliphatic rings. The molecule has 126 valence electrons. The van der Waals surface area contributed by atoms with Crippen molar-refractivity contribution < 1.29 is 19.0 Å². The van der Waals surface area contributed by atoms with E-state index in [2.05, 4.69) is 0 Å². The molecular weight excluding hydrogens is 294 g/mol. The highest BCUT2D eigenvalue weighted by atomic mass is 16.7. The highest BCUT2D eigenvalue weighted by molar-refractivity contribution is 5.78. The van der Waals surface area contributed by atoms with Gasteiger partial charge in [0, 0.05) is 25.9 Å². The van der Waals surface area contributed by atoms with Gasteiger partial charge in [-0.15, -0.1) is 0 Å². The number of amides is 1. The van der Waals surface area contributed by atoms with Crippen molar-refractivity contribution in [2.45, 2.75) is 38.4 Å². The van der Waals surface area contributed by atoms with Gasteiger partial charge in [-0.3, -0.25) is 4.79 Å². The van der Waals surface area contributed by atoms with Gasteiger partial charge in [0.15, 0.2) is 5.79 Å². The molecule has 0 atom stereocenters. The second-order valence-corrected chi connectivity index (χ2v) is 6.10. The molecular formula is C18H25NO4. The van der Waals surface area contributed by atoms with Crippen LogP contribution < -0.4 is 4.74 Å². The Morgan fingerprint density at radius 1 is 1.17 bits per heavy atom. The number of ether oxygens (including phenoxy) is 3. The first-order chi connectivity index (χ1) is 11.2. The topological polar surface area (TPSA) is 48.0 Å². The molecule has 5 heteroatoms. The maximum Gasteiger partial charge on any atom is 0.226 e. The van der Waals surface area contributed by atoms with Crippen LogP contribution in [-0.4, -0.2) is 49.5 Å². The van der Waals surface area contributed by atoms with Crippen LogP contribution in [0.1, 0.15) is 31.7 Å². The molecule has 5 nitrogen and oxygen atoms in total. The van der Waals surface area contributed by atoms with E-state index in [1.165, 1.54) is 0 Å². The standard InChI is InChI=1S/C18H25NO4/c1-2-21-16-6-4-15(5-7-16)14-17(20)19-10-8-18(9-11-19)22-12-3-13-23-18/h4-7H,2-3,8-14H2,1H3. The van der Waals surface area contributed by atoms with Crippen molar-refractivity contribution in [1.29, 1.82) is 0 Å². The number of nitrogens with zero attached hydrogens (tertiary/aromatic N) is 1. The molecule has 1 amide bonds. The zero-order valence-corrected chi connectivity index (χ0v) is 13.8. The van der Waals surface area contributed by atoms with Crippen LogP contribution >= 0.6 is 0 Å². The minimum absolute atomic E-state index is 0.166. The first-order valence-corrected chi connectivity index (χ1v) is 8.48. The Hall–Kier alpha value is -1.59. The van der Waals surface area contributed by atoms with E-state index in [0.29, 0.717) is 26.1 Å². The molecule has 23 heavy (non-hydrogen) atoms. The molecule has 2 heterocycles. The monoisotopic (exact) mass is 319 g/mol. The Kier molecular flexibility index (Phi) is 5.18. The van der Waals surface area contributed by atoms with Crippen molar-refractivity contribution in [1.82, 2.24) is 4.90 Å². The van der Waals surface area contributed by atoms with E-state index in [9.17, 15) is 4.79 Å². The molecule has 0 bridgehead atoms. The first-order valence-electron chi connectivity index (χ1n) is 8.48. The molecule has 1 spiro atoms. The number of benzene rings is 1. The zero-order chi connectivity index (χ0) is 16.1. The molecule has 2 saturated heterocycles. The van der Waals surface area contributed by atoms with Crippen molar-refractivity contribution in [2.75, 3.05) is 32.9 Å². The van der Waals surface area contributed by atoms with Crippen LogP contribution in [0.4, 0.5) is 0 Å². The fourth-order valence-electron chi connectivity index (χ4n) is 3.16. The summed E-state index contributed by atoms with van der Waals surface area (Å²) in [5.41, 5.74) is 1.02. The minimum Gasteiger partial charge on any atom is -0.494 e. The molecule has 2 aliphatic heterocycles. The third-order valence-corrected chi connectivity index (χ3v) is 4.49. The van der Waals surface area contributed by atoms with Gasteiger partial charge in [-0.05, 0) is 31.0 Å². The smallest absolute Gasteiger partial charge is 0.226 e. The lowest BCUT2D eigenvalue weighted by Gasteiger charge is -2.43. The van der Waals surface area contributed by atoms with Gasteiger partial charge in [-0.2, -0.15) is 0 Å². The number of carbonyl (C=O) groups is 1. The Morgan fingerprint density at radius 3 is 2.43 bits per heavy atom. The predicted octanol–water partition coefficient (Wildman–Crippen LogP) is 2.38. The molecule has 0 aliphatic carbocycles. The van der Waals surface area contributed by atoms with E-state index in [4.69, 9.17) is 14.2 Å². The largest absolute Gasteiger partial charge is 0.494 e. The third kappa shape index (κ3) is 4.03. The van der Waals surface area contributed by atoms with E-state index < -0.39 is 5.79 Å². The fourth-order valence-corrected chi connectivity index (χ4v) is 3.16. The average molecular weight is 319 g/mol. The highest BCUT2D eigenvalue weighted by Crippen LogP contribution is 2.30. The quantitative estimate of drug-likeness (QED) is 0.855. The van der Waals surface area contributed by atoms with E-state index in [1.807, 2.05) is 36.1 Å². The van der Waals surface area contributed by atoms with Gasteiger partial charge >= 0.3 is 0 Å². The number of carbonyl (C=O) groups excluding carboxylic acids is 1. The summed E-state index contributed by atoms with van der Waals surface area (Å²) in [4.78, 5) is 14.4. The van der Waals surface area contributed by atoms with Gasteiger partial charge in [0.1, 0.15) is 5.75 Å². The number of rotatable bonds is 4. The van der Waals surface area contributed by atoms with Crippen molar-refractivity contribution in [3.05, 3.63) is 29.8 Å². The van der Waals surface area contributed by atoms with Gasteiger partial charge in [-0.1, -0.05) is 12.1 Å². The lowest BCUT2D eigenvalue weighted by Crippen LogP contribution is -2.51. The molecule has 0 saturated carbocycles. The molecule has 1 aromatic carbocycles. The Morgan fingerprint density at radius 2 is 1.83 bits per heavy atom. The van der Waals surface area contributed by atoms with Gasteiger partial charge < -0.3 is 19.1 Å². The van der Waals surface area contributed by atoms with Crippen molar-refractivity contribution in [2.24, 2.45) is 0 Å². The Bertz CT molecular complexity index is 512. The van der Waals surface area contributed by atoms with E-state index in [1.54, 1.807) is 0 Å². The van der Waals surface area contributed by atoms with Crippen LogP contribution in [0.2, 0.25) is 0 Å². The summed E-state index contributed by atoms with van der Waals surface area (Å²) < 4.78 is 17.1. The normalized spacial score (nSPS) is 20.5. The fraction of sp³-hybridized carbons (Fsp3) is 0.611. The van der Waals surface area contributed by atoms with Crippen LogP contribution in [0, 0.1) is 0 Å². The summed E-state index contributed by atoms with van der Waals surface area (Å²) >= 11 is 0. The maximum atomic E-state index is 12.5. The van der Waals surface area contributed by atoms with E-state index >= 15 is 0 Å². The second kappa shape index (κ2) is 7.32. The summed E-state index contributed by atoms with van der Waals surface area (Å²) in [6.45, 7) is 5.55. The summed E-state index contributed by atoms with van der Waals surface area (Å²) in [5, 5.41) is 0. The molecule has 0 unspecified atom stereocenters. The van der Waals surface area contributed by atoms with Gasteiger partial charge in [-0.25, -0.2) is 0 Å². The lowest BCUT2D eigenvalue weighted by atomic mass is 10.0. The maximum absolute atomic E-state index is 12.5. The van der Waals surface area contributed by atoms with Crippen LogP contribution in [0.3, 0.4) is 0 Å². The lowest BCUT2D eigenvalue weighted by molar-refractivity contribution is -0.282. The van der Waals surface area contributed by atoms with E-state index in [0.717, 1.165) is 43.8 Å². The van der Waals surface area contributed by atoms with Crippen molar-refractivity contribution in [3.8, 4) is 5.75 Å². The molecule has 2 fully saturated rings. The zero-order valence-electron chi connectivity index (χ0n) is 13.8. The van der Waals surface area contributed by atoms with Gasteiger partial charge in [0.05, 0.1) is 26.2 Å². The van der Waals surface area contributed by atoms with Crippen molar-refractivity contribution >= 4 is 5.91 Å². The number of hydrogen-bond donors (Lipinski definition) is 0. The molecule has 3 rings (SSSR count). The van der Waals surface area contributed by atoms with Gasteiger partial charge in [0.2, 0.25) is 5.91 Å². The van der Waals surface area contributed by atoms with Crippen LogP contribution in [0.25, 0.3) is 0 Å². The average Bonchev–Trinajstić information content (AvgIpc) is 2.58. The number of hydrogen-bond acceptors (Lipinski definition) is 4. The van der Waals surface area contributed by atoms with Crippen LogP contribution in [-0.2, 0) is 20.7 Å². The predicted molar refractivity (Wildman–Crippen MR) is 86.4 cm³/mol. The van der Waals surface area contributed by atoms with E-state index in [-0.39, 0.29) is 5.91 Å². The number of likely N-dealkylation sites (tertiary alicyclic amines) is 1. The molecule has 1 aromatic rings. The summed E-state index contributed by atoms with van der Waals surface area (Å²) in [6.07, 6.45) is 2.92. The van der Waals surface area contributed by atoms with Gasteiger partial charge in [0.25, 0.3) is 0 Å². The second-order valence-electron chi connectivity index (χ2n) is 6.10. The highest BCUT2D eigenvalue weighted by Gasteiger charge is 2.39. The third-order valence-electron chi connectivity index (χ3n) is 4.49. The first kappa shape index (κ1) is 16.3. The summed E-state index contributed by atoms with van der Waals surface area (Å²) in [6, 6.07) is 7.76. The van der Waals surface area contributed by atoms with Crippen LogP contribution in [0.5, 0.6) is 5.75 Å². The minimum atomic E-state index is -0.436. The Labute approximate surface area is 137 Å². The number of piperidine rings is 1. The Balaban J connectivity index is 1.51. The SMILES string of the molecule is CCOc1ccc(CC(=O)N2CCC3(CC2)OCCCO3)cc1. The molecule has 0 N–H and O–H groups in total.